The molecule has 0 aliphatic rings. The van der Waals surface area contributed by atoms with Crippen molar-refractivity contribution in [2.75, 3.05) is 20.2 Å². The zero-order chi connectivity index (χ0) is 11.2. The van der Waals surface area contributed by atoms with Gasteiger partial charge in [-0.1, -0.05) is 5.57 Å². The predicted molar refractivity (Wildman–Crippen MR) is 55.4 cm³/mol. The topological polar surface area (TPSA) is 58.6 Å². The molecule has 0 atom stereocenters. The number of carboxylic acids is 1. The van der Waals surface area contributed by atoms with Crippen molar-refractivity contribution < 1.29 is 14.6 Å². The molecule has 0 saturated heterocycles. The van der Waals surface area contributed by atoms with Crippen molar-refractivity contribution in [2.24, 2.45) is 0 Å². The maximum absolute atomic E-state index is 10.3. The van der Waals surface area contributed by atoms with Crippen molar-refractivity contribution in [1.29, 1.82) is 0 Å². The third kappa shape index (κ3) is 6.62. The standard InChI is InChI=1S/C10H19NO3/c1-8(5-9(12)13)6-11-7-10(2,3)14-4/h5,11H,6-7H2,1-4H3,(H,12,13). The molecule has 0 aliphatic carbocycles. The molecule has 4 nitrogen and oxygen atoms in total. The van der Waals surface area contributed by atoms with Crippen LogP contribution < -0.4 is 5.32 Å². The molecule has 4 heteroatoms. The Balaban J connectivity index is 3.80. The van der Waals surface area contributed by atoms with E-state index in [2.05, 4.69) is 5.32 Å². The van der Waals surface area contributed by atoms with Gasteiger partial charge in [-0.25, -0.2) is 4.79 Å². The number of carbonyl (C=O) groups is 1. The summed E-state index contributed by atoms with van der Waals surface area (Å²) in [6.07, 6.45) is 1.20. The van der Waals surface area contributed by atoms with Crippen molar-refractivity contribution in [1.82, 2.24) is 5.32 Å². The lowest BCUT2D eigenvalue weighted by Crippen LogP contribution is -2.37. The summed E-state index contributed by atoms with van der Waals surface area (Å²) in [5.74, 6) is -0.907. The summed E-state index contributed by atoms with van der Waals surface area (Å²) in [6.45, 7) is 6.97. The number of nitrogens with one attached hydrogen (secondary N) is 1. The van der Waals surface area contributed by atoms with Gasteiger partial charge in [-0.2, -0.15) is 0 Å². The molecular formula is C10H19NO3. The van der Waals surface area contributed by atoms with E-state index in [1.54, 1.807) is 14.0 Å². The number of carboxylic acid groups (broad SMARTS) is 1. The molecule has 0 saturated carbocycles. The van der Waals surface area contributed by atoms with Crippen molar-refractivity contribution in [2.45, 2.75) is 26.4 Å². The minimum atomic E-state index is -0.907. The molecule has 0 aromatic rings. The Morgan fingerprint density at radius 2 is 2.14 bits per heavy atom. The van der Waals surface area contributed by atoms with Gasteiger partial charge < -0.3 is 15.2 Å². The maximum atomic E-state index is 10.3. The molecule has 82 valence electrons. The molecule has 0 heterocycles. The van der Waals surface area contributed by atoms with Crippen LogP contribution in [0.1, 0.15) is 20.8 Å². The maximum Gasteiger partial charge on any atom is 0.328 e. The number of ether oxygens (including phenoxy) is 1. The van der Waals surface area contributed by atoms with Crippen LogP contribution in [-0.4, -0.2) is 36.9 Å². The van der Waals surface area contributed by atoms with E-state index in [9.17, 15) is 4.79 Å². The average molecular weight is 201 g/mol. The summed E-state index contributed by atoms with van der Waals surface area (Å²) in [7, 11) is 1.65. The molecular weight excluding hydrogens is 182 g/mol. The minimum Gasteiger partial charge on any atom is -0.478 e. The molecule has 0 unspecified atom stereocenters. The molecule has 0 radical (unpaired) electrons. The van der Waals surface area contributed by atoms with E-state index >= 15 is 0 Å². The number of methoxy groups -OCH3 is 1. The van der Waals surface area contributed by atoms with Crippen LogP contribution in [0.5, 0.6) is 0 Å². The van der Waals surface area contributed by atoms with Crippen LogP contribution in [-0.2, 0) is 9.53 Å². The fraction of sp³-hybridized carbons (Fsp3) is 0.700. The van der Waals surface area contributed by atoms with Gasteiger partial charge in [0, 0.05) is 26.3 Å². The first-order chi connectivity index (χ1) is 6.37. The fourth-order valence-corrected chi connectivity index (χ4v) is 0.895. The molecule has 14 heavy (non-hydrogen) atoms. The molecule has 0 aromatic carbocycles. The summed E-state index contributed by atoms with van der Waals surface area (Å²) < 4.78 is 5.20. The van der Waals surface area contributed by atoms with Crippen LogP contribution in [0.4, 0.5) is 0 Å². The first-order valence-corrected chi connectivity index (χ1v) is 4.53. The summed E-state index contributed by atoms with van der Waals surface area (Å²) in [4.78, 5) is 10.3. The Kier molecular flexibility index (Phi) is 5.42. The number of hydrogen-bond acceptors (Lipinski definition) is 3. The molecule has 0 aliphatic heterocycles. The molecule has 0 bridgehead atoms. The minimum absolute atomic E-state index is 0.219. The second-order valence-electron chi connectivity index (χ2n) is 3.90. The van der Waals surface area contributed by atoms with Crippen LogP contribution in [0.2, 0.25) is 0 Å². The van der Waals surface area contributed by atoms with Crippen LogP contribution in [0.15, 0.2) is 11.6 Å². The summed E-state index contributed by atoms with van der Waals surface area (Å²) >= 11 is 0. The summed E-state index contributed by atoms with van der Waals surface area (Å²) in [6, 6.07) is 0. The van der Waals surface area contributed by atoms with Crippen LogP contribution in [0.3, 0.4) is 0 Å². The van der Waals surface area contributed by atoms with Crippen LogP contribution >= 0.6 is 0 Å². The van der Waals surface area contributed by atoms with Crippen LogP contribution in [0, 0.1) is 0 Å². The van der Waals surface area contributed by atoms with Crippen molar-refractivity contribution >= 4 is 5.97 Å². The van der Waals surface area contributed by atoms with Crippen molar-refractivity contribution in [3.05, 3.63) is 11.6 Å². The molecule has 0 aromatic heterocycles. The molecule has 2 N–H and O–H groups in total. The third-order valence-electron chi connectivity index (χ3n) is 1.88. The van der Waals surface area contributed by atoms with E-state index in [1.807, 2.05) is 13.8 Å². The molecule has 0 amide bonds. The molecule has 0 fully saturated rings. The van der Waals surface area contributed by atoms with Gasteiger partial charge in [0.15, 0.2) is 0 Å². The Labute approximate surface area is 85.0 Å². The summed E-state index contributed by atoms with van der Waals surface area (Å²) in [5.41, 5.74) is 0.577. The lowest BCUT2D eigenvalue weighted by atomic mass is 10.1. The van der Waals surface area contributed by atoms with Crippen LogP contribution in [0.25, 0.3) is 0 Å². The van der Waals surface area contributed by atoms with E-state index in [1.165, 1.54) is 6.08 Å². The highest BCUT2D eigenvalue weighted by Crippen LogP contribution is 2.04. The van der Waals surface area contributed by atoms with Gasteiger partial charge in [0.05, 0.1) is 5.60 Å². The normalized spacial score (nSPS) is 13.0. The number of aliphatic carboxylic acids is 1. The predicted octanol–water partition coefficient (Wildman–Crippen LogP) is 1.03. The molecule has 0 spiro atoms. The van der Waals surface area contributed by atoms with Crippen molar-refractivity contribution in [3.8, 4) is 0 Å². The first kappa shape index (κ1) is 13.1. The van der Waals surface area contributed by atoms with Gasteiger partial charge >= 0.3 is 5.97 Å². The highest BCUT2D eigenvalue weighted by molar-refractivity contribution is 5.80. The lowest BCUT2D eigenvalue weighted by Gasteiger charge is -2.23. The molecule has 0 rings (SSSR count). The average Bonchev–Trinajstić information content (AvgIpc) is 2.02. The van der Waals surface area contributed by atoms with Crippen molar-refractivity contribution in [3.63, 3.8) is 0 Å². The number of rotatable bonds is 6. The Morgan fingerprint density at radius 1 is 1.57 bits per heavy atom. The Hall–Kier alpha value is -0.870. The zero-order valence-electron chi connectivity index (χ0n) is 9.26. The van der Waals surface area contributed by atoms with Gasteiger partial charge in [-0.3, -0.25) is 0 Å². The van der Waals surface area contributed by atoms with E-state index in [0.29, 0.717) is 13.1 Å². The van der Waals surface area contributed by atoms with Gasteiger partial charge in [0.25, 0.3) is 0 Å². The van der Waals surface area contributed by atoms with Gasteiger partial charge in [0.1, 0.15) is 0 Å². The third-order valence-corrected chi connectivity index (χ3v) is 1.88. The highest BCUT2D eigenvalue weighted by atomic mass is 16.5. The second-order valence-corrected chi connectivity index (χ2v) is 3.90. The highest BCUT2D eigenvalue weighted by Gasteiger charge is 2.14. The Morgan fingerprint density at radius 3 is 2.57 bits per heavy atom. The summed E-state index contributed by atoms with van der Waals surface area (Å²) in [5, 5.41) is 11.6. The van der Waals surface area contributed by atoms with E-state index in [0.717, 1.165) is 5.57 Å². The van der Waals surface area contributed by atoms with E-state index < -0.39 is 5.97 Å². The smallest absolute Gasteiger partial charge is 0.328 e. The SMILES string of the molecule is COC(C)(C)CNCC(C)=CC(=O)O. The van der Waals surface area contributed by atoms with Gasteiger partial charge in [-0.15, -0.1) is 0 Å². The van der Waals surface area contributed by atoms with E-state index in [-0.39, 0.29) is 5.60 Å². The van der Waals surface area contributed by atoms with Gasteiger partial charge in [-0.05, 0) is 20.8 Å². The Bertz CT molecular complexity index is 221. The monoisotopic (exact) mass is 201 g/mol. The zero-order valence-corrected chi connectivity index (χ0v) is 9.26. The number of hydrogen-bond donors (Lipinski definition) is 2. The first-order valence-electron chi connectivity index (χ1n) is 4.53. The lowest BCUT2D eigenvalue weighted by molar-refractivity contribution is -0.131. The fourth-order valence-electron chi connectivity index (χ4n) is 0.895. The second kappa shape index (κ2) is 5.78. The van der Waals surface area contributed by atoms with Gasteiger partial charge in [0.2, 0.25) is 0 Å². The quantitative estimate of drug-likeness (QED) is 0.630. The van der Waals surface area contributed by atoms with E-state index in [4.69, 9.17) is 9.84 Å². The largest absolute Gasteiger partial charge is 0.478 e.